The molecule has 75 valence electrons. The van der Waals surface area contributed by atoms with Crippen molar-refractivity contribution in [1.82, 2.24) is 0 Å². The summed E-state index contributed by atoms with van der Waals surface area (Å²) in [6, 6.07) is 4.43. The van der Waals surface area contributed by atoms with Crippen LogP contribution >= 0.6 is 0 Å². The highest BCUT2D eigenvalue weighted by atomic mass is 19.4. The molecule has 0 bridgehead atoms. The van der Waals surface area contributed by atoms with Gasteiger partial charge in [-0.15, -0.1) is 0 Å². The Morgan fingerprint density at radius 3 is 2.21 bits per heavy atom. The molecule has 1 N–H and O–H groups in total. The summed E-state index contributed by atoms with van der Waals surface area (Å²) in [4.78, 5) is 9.84. The van der Waals surface area contributed by atoms with E-state index in [1.54, 1.807) is 6.29 Å². The second kappa shape index (κ2) is 4.13. The number of halogens is 3. The van der Waals surface area contributed by atoms with Gasteiger partial charge >= 0.3 is 6.18 Å². The van der Waals surface area contributed by atoms with Crippen LogP contribution in [0, 0.1) is 0 Å². The van der Waals surface area contributed by atoms with Gasteiger partial charge < -0.3 is 5.32 Å². The van der Waals surface area contributed by atoms with Crippen LogP contribution in [0.5, 0.6) is 0 Å². The highest BCUT2D eigenvalue weighted by Crippen LogP contribution is 2.29. The Hall–Kier alpha value is -1.52. The first kappa shape index (κ1) is 10.6. The summed E-state index contributed by atoms with van der Waals surface area (Å²) in [5.41, 5.74) is -0.250. The van der Waals surface area contributed by atoms with Crippen molar-refractivity contribution in [3.8, 4) is 0 Å². The van der Waals surface area contributed by atoms with Crippen LogP contribution in [0.1, 0.15) is 5.56 Å². The standard InChI is InChI=1S/C9H7F3NO/c10-9(11,12)7-1-3-8(4-2-7)13-5-6-14/h1-4,13H,5H2. The third kappa shape index (κ3) is 2.76. The molecule has 0 heterocycles. The van der Waals surface area contributed by atoms with Crippen molar-refractivity contribution in [2.75, 3.05) is 11.9 Å². The van der Waals surface area contributed by atoms with Gasteiger partial charge in [-0.2, -0.15) is 13.2 Å². The maximum atomic E-state index is 12.1. The van der Waals surface area contributed by atoms with Gasteiger partial charge in [0.1, 0.15) is 0 Å². The summed E-state index contributed by atoms with van der Waals surface area (Å²) in [7, 11) is 0. The Balaban J connectivity index is 2.73. The Morgan fingerprint density at radius 2 is 1.79 bits per heavy atom. The topological polar surface area (TPSA) is 29.1 Å². The smallest absolute Gasteiger partial charge is 0.377 e. The zero-order valence-corrected chi connectivity index (χ0v) is 7.06. The molecule has 0 aliphatic heterocycles. The second-order valence-electron chi connectivity index (χ2n) is 2.57. The molecule has 0 saturated carbocycles. The molecule has 0 amide bonds. The minimum Gasteiger partial charge on any atom is -0.377 e. The maximum absolute atomic E-state index is 12.1. The highest BCUT2D eigenvalue weighted by Gasteiger charge is 2.29. The highest BCUT2D eigenvalue weighted by molar-refractivity contribution is 5.60. The number of rotatable bonds is 3. The zero-order valence-electron chi connectivity index (χ0n) is 7.06. The van der Waals surface area contributed by atoms with Crippen LogP contribution in [0.3, 0.4) is 0 Å². The van der Waals surface area contributed by atoms with Gasteiger partial charge in [-0.05, 0) is 24.3 Å². The Labute approximate surface area is 78.7 Å². The van der Waals surface area contributed by atoms with Crippen molar-refractivity contribution in [3.05, 3.63) is 29.8 Å². The van der Waals surface area contributed by atoms with Gasteiger partial charge in [-0.3, -0.25) is 4.79 Å². The summed E-state index contributed by atoms with van der Waals surface area (Å²) in [6.45, 7) is -0.0363. The van der Waals surface area contributed by atoms with Crippen LogP contribution in [0.2, 0.25) is 0 Å². The molecule has 0 spiro atoms. The normalized spacial score (nSPS) is 11.1. The van der Waals surface area contributed by atoms with Crippen molar-refractivity contribution in [2.45, 2.75) is 6.18 Å². The molecule has 2 nitrogen and oxygen atoms in total. The first-order chi connectivity index (χ1) is 6.54. The molecule has 1 aromatic rings. The third-order valence-electron chi connectivity index (χ3n) is 1.58. The molecule has 0 aliphatic rings. The predicted octanol–water partition coefficient (Wildman–Crippen LogP) is 2.23. The van der Waals surface area contributed by atoms with Crippen molar-refractivity contribution in [1.29, 1.82) is 0 Å². The van der Waals surface area contributed by atoms with Crippen LogP contribution in [-0.2, 0) is 11.0 Å². The van der Waals surface area contributed by atoms with E-state index in [2.05, 4.69) is 5.32 Å². The second-order valence-corrected chi connectivity index (χ2v) is 2.57. The molecule has 0 aliphatic carbocycles. The fourth-order valence-corrected chi connectivity index (χ4v) is 0.915. The van der Waals surface area contributed by atoms with E-state index in [9.17, 15) is 18.0 Å². The molecule has 1 aromatic carbocycles. The molecule has 5 heteroatoms. The van der Waals surface area contributed by atoms with Crippen molar-refractivity contribution in [2.24, 2.45) is 0 Å². The van der Waals surface area contributed by atoms with E-state index in [1.807, 2.05) is 0 Å². The molecule has 0 atom stereocenters. The first-order valence-corrected chi connectivity index (χ1v) is 3.80. The van der Waals surface area contributed by atoms with Crippen LogP contribution < -0.4 is 5.32 Å². The molecular weight excluding hydrogens is 195 g/mol. The molecule has 0 aromatic heterocycles. The average Bonchev–Trinajstić information content (AvgIpc) is 2.14. The predicted molar refractivity (Wildman–Crippen MR) is 45.6 cm³/mol. The van der Waals surface area contributed by atoms with Gasteiger partial charge in [0.25, 0.3) is 0 Å². The zero-order chi connectivity index (χ0) is 10.6. The van der Waals surface area contributed by atoms with Gasteiger partial charge in [-0.1, -0.05) is 0 Å². The molecule has 0 unspecified atom stereocenters. The number of alkyl halides is 3. The van der Waals surface area contributed by atoms with Crippen molar-refractivity contribution in [3.63, 3.8) is 0 Å². The van der Waals surface area contributed by atoms with Gasteiger partial charge in [0.05, 0.1) is 12.1 Å². The van der Waals surface area contributed by atoms with Gasteiger partial charge in [0, 0.05) is 5.69 Å². The van der Waals surface area contributed by atoms with E-state index in [0.717, 1.165) is 12.1 Å². The van der Waals surface area contributed by atoms with Gasteiger partial charge in [0.2, 0.25) is 6.29 Å². The van der Waals surface area contributed by atoms with Crippen molar-refractivity contribution < 1.29 is 18.0 Å². The Morgan fingerprint density at radius 1 is 1.21 bits per heavy atom. The van der Waals surface area contributed by atoms with Crippen LogP contribution in [-0.4, -0.2) is 12.8 Å². The molecule has 0 fully saturated rings. The maximum Gasteiger partial charge on any atom is 0.416 e. The lowest BCUT2D eigenvalue weighted by Gasteiger charge is -2.07. The van der Waals surface area contributed by atoms with E-state index in [-0.39, 0.29) is 6.54 Å². The van der Waals surface area contributed by atoms with Crippen LogP contribution in [0.25, 0.3) is 0 Å². The monoisotopic (exact) mass is 202 g/mol. The fraction of sp³-hybridized carbons (Fsp3) is 0.222. The largest absolute Gasteiger partial charge is 0.416 e. The van der Waals surface area contributed by atoms with E-state index in [1.165, 1.54) is 12.1 Å². The number of hydrogen-bond acceptors (Lipinski definition) is 2. The van der Waals surface area contributed by atoms with Gasteiger partial charge in [0.15, 0.2) is 0 Å². The molecule has 0 saturated heterocycles. The Bertz CT molecular complexity index is 305. The number of anilines is 1. The van der Waals surface area contributed by atoms with Crippen molar-refractivity contribution >= 4 is 12.0 Å². The molecule has 1 radical (unpaired) electrons. The Kier molecular flexibility index (Phi) is 3.11. The van der Waals surface area contributed by atoms with E-state index in [0.29, 0.717) is 5.69 Å². The third-order valence-corrected chi connectivity index (χ3v) is 1.58. The van der Waals surface area contributed by atoms with Crippen LogP contribution in [0.4, 0.5) is 18.9 Å². The lowest BCUT2D eigenvalue weighted by molar-refractivity contribution is -0.137. The lowest BCUT2D eigenvalue weighted by atomic mass is 10.2. The number of benzene rings is 1. The summed E-state index contributed by atoms with van der Waals surface area (Å²) in [5, 5.41) is 2.58. The van der Waals surface area contributed by atoms with Gasteiger partial charge in [-0.25, -0.2) is 0 Å². The summed E-state index contributed by atoms with van der Waals surface area (Å²) in [5.74, 6) is 0. The quantitative estimate of drug-likeness (QED) is 0.814. The van der Waals surface area contributed by atoms with E-state index < -0.39 is 11.7 Å². The van der Waals surface area contributed by atoms with E-state index >= 15 is 0 Å². The van der Waals surface area contributed by atoms with E-state index in [4.69, 9.17) is 0 Å². The minimum absolute atomic E-state index is 0.0363. The summed E-state index contributed by atoms with van der Waals surface area (Å²) < 4.78 is 36.3. The molecule has 14 heavy (non-hydrogen) atoms. The summed E-state index contributed by atoms with van der Waals surface area (Å²) >= 11 is 0. The summed E-state index contributed by atoms with van der Waals surface area (Å²) in [6.07, 6.45) is -2.75. The average molecular weight is 202 g/mol. The lowest BCUT2D eigenvalue weighted by Crippen LogP contribution is -2.06. The first-order valence-electron chi connectivity index (χ1n) is 3.80. The fourth-order valence-electron chi connectivity index (χ4n) is 0.915. The van der Waals surface area contributed by atoms with Crippen LogP contribution in [0.15, 0.2) is 24.3 Å². The minimum atomic E-state index is -4.32. The molecule has 1 rings (SSSR count). The number of carbonyl (C=O) groups excluding carboxylic acids is 1. The number of nitrogens with one attached hydrogen (secondary N) is 1. The molecular formula is C9H7F3NO. The SMILES string of the molecule is O=[C]CNc1ccc(C(F)(F)F)cc1. The number of hydrogen-bond donors (Lipinski definition) is 1.